The molecule has 0 aromatic rings. The highest BCUT2D eigenvalue weighted by molar-refractivity contribution is 4.92. The number of nitrogens with one attached hydrogen (secondary N) is 1. The summed E-state index contributed by atoms with van der Waals surface area (Å²) in [5, 5.41) is 3.71. The quantitative estimate of drug-likeness (QED) is 0.667. The Balaban J connectivity index is 2.35. The van der Waals surface area contributed by atoms with Crippen molar-refractivity contribution in [2.24, 2.45) is 0 Å². The molecule has 0 amide bonds. The van der Waals surface area contributed by atoms with E-state index in [2.05, 4.69) is 19.2 Å². The predicted molar refractivity (Wildman–Crippen MR) is 54.4 cm³/mol. The molecule has 0 radical (unpaired) electrons. The fourth-order valence-corrected chi connectivity index (χ4v) is 2.41. The molecule has 1 aliphatic rings. The molecule has 1 heteroatoms. The van der Waals surface area contributed by atoms with E-state index in [4.69, 9.17) is 0 Å². The lowest BCUT2D eigenvalue weighted by molar-refractivity contribution is 0.311. The molecule has 1 nitrogen and oxygen atoms in total. The van der Waals surface area contributed by atoms with Gasteiger partial charge in [-0.05, 0) is 32.2 Å². The van der Waals surface area contributed by atoms with Crippen LogP contribution in [0, 0.1) is 0 Å². The summed E-state index contributed by atoms with van der Waals surface area (Å²) in [6.07, 6.45) is 9.66. The topological polar surface area (TPSA) is 12.0 Å². The van der Waals surface area contributed by atoms with Crippen LogP contribution < -0.4 is 5.32 Å². The minimum Gasteiger partial charge on any atom is -0.311 e. The van der Waals surface area contributed by atoms with Gasteiger partial charge < -0.3 is 5.32 Å². The SMILES string of the molecule is CCCCC1(CCC)CCCN1. The van der Waals surface area contributed by atoms with Crippen molar-refractivity contribution in [3.05, 3.63) is 0 Å². The van der Waals surface area contributed by atoms with Gasteiger partial charge in [0.05, 0.1) is 0 Å². The molecular formula is C11H23N. The third-order valence-corrected chi connectivity index (χ3v) is 3.07. The monoisotopic (exact) mass is 169 g/mol. The first-order valence-electron chi connectivity index (χ1n) is 5.58. The average Bonchev–Trinajstić information content (AvgIpc) is 2.51. The van der Waals surface area contributed by atoms with Crippen LogP contribution in [-0.4, -0.2) is 12.1 Å². The molecule has 1 aliphatic heterocycles. The van der Waals surface area contributed by atoms with Crippen molar-refractivity contribution in [1.82, 2.24) is 5.32 Å². The van der Waals surface area contributed by atoms with Gasteiger partial charge in [-0.25, -0.2) is 0 Å². The van der Waals surface area contributed by atoms with E-state index < -0.39 is 0 Å². The van der Waals surface area contributed by atoms with Crippen molar-refractivity contribution in [2.75, 3.05) is 6.54 Å². The predicted octanol–water partition coefficient (Wildman–Crippen LogP) is 3.10. The van der Waals surface area contributed by atoms with Crippen molar-refractivity contribution in [3.63, 3.8) is 0 Å². The van der Waals surface area contributed by atoms with Crippen LogP contribution in [-0.2, 0) is 0 Å². The summed E-state index contributed by atoms with van der Waals surface area (Å²) in [4.78, 5) is 0. The number of hydrogen-bond acceptors (Lipinski definition) is 1. The minimum atomic E-state index is 0.546. The van der Waals surface area contributed by atoms with Gasteiger partial charge in [-0.3, -0.25) is 0 Å². The van der Waals surface area contributed by atoms with E-state index in [0.717, 1.165) is 0 Å². The Morgan fingerprint density at radius 2 is 2.00 bits per heavy atom. The molecule has 12 heavy (non-hydrogen) atoms. The van der Waals surface area contributed by atoms with E-state index in [1.807, 2.05) is 0 Å². The maximum absolute atomic E-state index is 3.71. The van der Waals surface area contributed by atoms with Crippen LogP contribution in [0.2, 0.25) is 0 Å². The smallest absolute Gasteiger partial charge is 0.0181 e. The van der Waals surface area contributed by atoms with Crippen molar-refractivity contribution >= 4 is 0 Å². The number of hydrogen-bond donors (Lipinski definition) is 1. The van der Waals surface area contributed by atoms with Gasteiger partial charge in [0, 0.05) is 5.54 Å². The molecular weight excluding hydrogens is 146 g/mol. The van der Waals surface area contributed by atoms with E-state index in [9.17, 15) is 0 Å². The van der Waals surface area contributed by atoms with Crippen molar-refractivity contribution < 1.29 is 0 Å². The first kappa shape index (κ1) is 10.0. The Labute approximate surface area is 76.9 Å². The van der Waals surface area contributed by atoms with Crippen molar-refractivity contribution in [2.45, 2.75) is 64.3 Å². The van der Waals surface area contributed by atoms with Gasteiger partial charge in [0.25, 0.3) is 0 Å². The molecule has 0 aliphatic carbocycles. The fraction of sp³-hybridized carbons (Fsp3) is 1.00. The largest absolute Gasteiger partial charge is 0.311 e. The molecule has 1 N–H and O–H groups in total. The maximum Gasteiger partial charge on any atom is 0.0181 e. The van der Waals surface area contributed by atoms with Crippen LogP contribution in [0.15, 0.2) is 0 Å². The molecule has 1 atom stereocenters. The fourth-order valence-electron chi connectivity index (χ4n) is 2.41. The van der Waals surface area contributed by atoms with Gasteiger partial charge in [-0.1, -0.05) is 33.1 Å². The summed E-state index contributed by atoms with van der Waals surface area (Å²) in [6.45, 7) is 5.84. The van der Waals surface area contributed by atoms with Gasteiger partial charge in [-0.15, -0.1) is 0 Å². The molecule has 0 aromatic heterocycles. The van der Waals surface area contributed by atoms with Crippen LogP contribution >= 0.6 is 0 Å². The zero-order valence-corrected chi connectivity index (χ0v) is 8.66. The summed E-state index contributed by atoms with van der Waals surface area (Å²) < 4.78 is 0. The normalized spacial score (nSPS) is 29.5. The van der Waals surface area contributed by atoms with E-state index in [-0.39, 0.29) is 0 Å². The van der Waals surface area contributed by atoms with E-state index in [0.29, 0.717) is 5.54 Å². The average molecular weight is 169 g/mol. The van der Waals surface area contributed by atoms with Gasteiger partial charge in [-0.2, -0.15) is 0 Å². The van der Waals surface area contributed by atoms with Crippen molar-refractivity contribution in [1.29, 1.82) is 0 Å². The van der Waals surface area contributed by atoms with Crippen LogP contribution in [0.25, 0.3) is 0 Å². The first-order chi connectivity index (χ1) is 5.83. The highest BCUT2D eigenvalue weighted by Gasteiger charge is 2.31. The van der Waals surface area contributed by atoms with Gasteiger partial charge in [0.15, 0.2) is 0 Å². The summed E-state index contributed by atoms with van der Waals surface area (Å²) in [5.41, 5.74) is 0.546. The summed E-state index contributed by atoms with van der Waals surface area (Å²) in [5.74, 6) is 0. The standard InChI is InChI=1S/C11H23N/c1-3-5-8-11(7-4-2)9-6-10-12-11/h12H,3-10H2,1-2H3. The number of rotatable bonds is 5. The summed E-state index contributed by atoms with van der Waals surface area (Å²) in [6, 6.07) is 0. The van der Waals surface area contributed by atoms with Crippen LogP contribution in [0.1, 0.15) is 58.8 Å². The molecule has 72 valence electrons. The lowest BCUT2D eigenvalue weighted by Gasteiger charge is -2.29. The first-order valence-corrected chi connectivity index (χ1v) is 5.58. The second-order valence-corrected chi connectivity index (χ2v) is 4.16. The Morgan fingerprint density at radius 1 is 1.17 bits per heavy atom. The second-order valence-electron chi connectivity index (χ2n) is 4.16. The molecule has 1 heterocycles. The Kier molecular flexibility index (Phi) is 4.07. The highest BCUT2D eigenvalue weighted by Crippen LogP contribution is 2.29. The Bertz CT molecular complexity index is 114. The van der Waals surface area contributed by atoms with E-state index in [1.54, 1.807) is 0 Å². The van der Waals surface area contributed by atoms with Crippen molar-refractivity contribution in [3.8, 4) is 0 Å². The third-order valence-electron chi connectivity index (χ3n) is 3.07. The lowest BCUT2D eigenvalue weighted by Crippen LogP contribution is -2.39. The molecule has 1 rings (SSSR count). The summed E-state index contributed by atoms with van der Waals surface area (Å²) in [7, 11) is 0. The van der Waals surface area contributed by atoms with Gasteiger partial charge >= 0.3 is 0 Å². The maximum atomic E-state index is 3.71. The van der Waals surface area contributed by atoms with Gasteiger partial charge in [0.2, 0.25) is 0 Å². The molecule has 0 bridgehead atoms. The highest BCUT2D eigenvalue weighted by atomic mass is 15.0. The van der Waals surface area contributed by atoms with Gasteiger partial charge in [0.1, 0.15) is 0 Å². The molecule has 1 fully saturated rings. The van der Waals surface area contributed by atoms with Crippen LogP contribution in [0.3, 0.4) is 0 Å². The molecule has 1 saturated heterocycles. The third kappa shape index (κ3) is 2.48. The molecule has 0 spiro atoms. The Morgan fingerprint density at radius 3 is 2.50 bits per heavy atom. The zero-order valence-electron chi connectivity index (χ0n) is 8.66. The molecule has 0 aromatic carbocycles. The minimum absolute atomic E-state index is 0.546. The van der Waals surface area contributed by atoms with E-state index >= 15 is 0 Å². The van der Waals surface area contributed by atoms with Crippen LogP contribution in [0.5, 0.6) is 0 Å². The lowest BCUT2D eigenvalue weighted by atomic mass is 9.87. The summed E-state index contributed by atoms with van der Waals surface area (Å²) >= 11 is 0. The zero-order chi connectivity index (χ0) is 8.86. The number of unbranched alkanes of at least 4 members (excludes halogenated alkanes) is 1. The second kappa shape index (κ2) is 4.86. The molecule has 1 unspecified atom stereocenters. The Hall–Kier alpha value is -0.0400. The van der Waals surface area contributed by atoms with E-state index in [1.165, 1.54) is 51.5 Å². The van der Waals surface area contributed by atoms with Crippen LogP contribution in [0.4, 0.5) is 0 Å². The molecule has 0 saturated carbocycles.